The molecule has 0 atom stereocenters. The number of aromatic nitrogens is 3. The molecule has 3 N–H and O–H groups in total. The number of nitrogens with one attached hydrogen (secondary N) is 1. The van der Waals surface area contributed by atoms with E-state index >= 15 is 0 Å². The van der Waals surface area contributed by atoms with Crippen LogP contribution in [-0.4, -0.2) is 29.1 Å². The molecule has 0 aliphatic heterocycles. The van der Waals surface area contributed by atoms with E-state index in [0.29, 0.717) is 17.8 Å². The first-order valence-corrected chi connectivity index (χ1v) is 8.82. The van der Waals surface area contributed by atoms with Crippen molar-refractivity contribution in [2.24, 2.45) is 5.14 Å². The van der Waals surface area contributed by atoms with Crippen molar-refractivity contribution in [3.05, 3.63) is 72.3 Å². The summed E-state index contributed by atoms with van der Waals surface area (Å²) in [5.74, 6) is -0.296. The van der Waals surface area contributed by atoms with E-state index in [2.05, 4.69) is 15.4 Å². The number of nitrogens with zero attached hydrogens (tertiary/aromatic N) is 3. The van der Waals surface area contributed by atoms with Crippen LogP contribution in [0.2, 0.25) is 0 Å². The van der Waals surface area contributed by atoms with Gasteiger partial charge >= 0.3 is 0 Å². The van der Waals surface area contributed by atoms with Crippen LogP contribution in [0.3, 0.4) is 0 Å². The number of benzene rings is 2. The predicted octanol–water partition coefficient (Wildman–Crippen LogP) is 1.23. The van der Waals surface area contributed by atoms with Gasteiger partial charge in [-0.1, -0.05) is 12.1 Å². The zero-order valence-electron chi connectivity index (χ0n) is 13.0. The van der Waals surface area contributed by atoms with Gasteiger partial charge in [0.1, 0.15) is 12.7 Å². The zero-order valence-corrected chi connectivity index (χ0v) is 13.8. The molecule has 0 aliphatic rings. The number of hydrogen-bond acceptors (Lipinski definition) is 5. The summed E-state index contributed by atoms with van der Waals surface area (Å²) < 4.78 is 24.1. The molecule has 8 nitrogen and oxygen atoms in total. The summed E-state index contributed by atoms with van der Waals surface area (Å²) in [7, 11) is -3.75. The Kier molecular flexibility index (Phi) is 4.59. The number of sulfonamides is 1. The number of anilines is 1. The third-order valence-corrected chi connectivity index (χ3v) is 4.40. The highest BCUT2D eigenvalue weighted by Gasteiger charge is 2.09. The van der Waals surface area contributed by atoms with Crippen LogP contribution in [0.15, 0.2) is 66.1 Å². The largest absolute Gasteiger partial charge is 0.322 e. The molecule has 0 spiro atoms. The molecule has 9 heteroatoms. The van der Waals surface area contributed by atoms with Crippen LogP contribution in [0, 0.1) is 0 Å². The minimum absolute atomic E-state index is 0.0111. The van der Waals surface area contributed by atoms with Crippen molar-refractivity contribution >= 4 is 21.6 Å². The maximum atomic E-state index is 12.2. The van der Waals surface area contributed by atoms with E-state index in [4.69, 9.17) is 5.14 Å². The second-order valence-corrected chi connectivity index (χ2v) is 6.87. The Labute approximate surface area is 144 Å². The number of rotatable bonds is 5. The van der Waals surface area contributed by atoms with E-state index in [1.165, 1.54) is 30.6 Å². The lowest BCUT2D eigenvalue weighted by molar-refractivity contribution is 0.102. The van der Waals surface area contributed by atoms with Gasteiger partial charge in [0.2, 0.25) is 10.0 Å². The summed E-state index contributed by atoms with van der Waals surface area (Å²) in [6, 6.07) is 12.7. The maximum absolute atomic E-state index is 12.2. The maximum Gasteiger partial charge on any atom is 0.255 e. The van der Waals surface area contributed by atoms with Crippen LogP contribution < -0.4 is 10.5 Å². The van der Waals surface area contributed by atoms with E-state index in [-0.39, 0.29) is 10.8 Å². The monoisotopic (exact) mass is 357 g/mol. The van der Waals surface area contributed by atoms with Gasteiger partial charge in [-0.25, -0.2) is 23.2 Å². The van der Waals surface area contributed by atoms with Crippen molar-refractivity contribution in [3.8, 4) is 0 Å². The van der Waals surface area contributed by atoms with Crippen molar-refractivity contribution in [2.75, 3.05) is 5.32 Å². The highest BCUT2D eigenvalue weighted by molar-refractivity contribution is 7.89. The van der Waals surface area contributed by atoms with E-state index in [0.717, 1.165) is 5.56 Å². The van der Waals surface area contributed by atoms with Gasteiger partial charge in [-0.05, 0) is 42.0 Å². The molecule has 0 saturated carbocycles. The van der Waals surface area contributed by atoms with Crippen LogP contribution in [0.1, 0.15) is 15.9 Å². The number of carbonyl (C=O) groups is 1. The number of primary sulfonamides is 1. The fourth-order valence-corrected chi connectivity index (χ4v) is 2.71. The molecule has 0 unspecified atom stereocenters. The minimum Gasteiger partial charge on any atom is -0.322 e. The molecular formula is C16H15N5O3S. The Morgan fingerprint density at radius 1 is 1.08 bits per heavy atom. The van der Waals surface area contributed by atoms with E-state index in [1.807, 2.05) is 12.1 Å². The van der Waals surface area contributed by atoms with Crippen LogP contribution in [0.5, 0.6) is 0 Å². The van der Waals surface area contributed by atoms with Gasteiger partial charge < -0.3 is 5.32 Å². The van der Waals surface area contributed by atoms with Crippen LogP contribution in [0.25, 0.3) is 0 Å². The van der Waals surface area contributed by atoms with Crippen molar-refractivity contribution in [2.45, 2.75) is 11.4 Å². The molecule has 25 heavy (non-hydrogen) atoms. The molecule has 0 aliphatic carbocycles. The highest BCUT2D eigenvalue weighted by Crippen LogP contribution is 2.14. The average Bonchev–Trinajstić information content (AvgIpc) is 3.08. The molecule has 0 bridgehead atoms. The van der Waals surface area contributed by atoms with Crippen molar-refractivity contribution < 1.29 is 13.2 Å². The van der Waals surface area contributed by atoms with Crippen molar-refractivity contribution in [1.29, 1.82) is 0 Å². The molecule has 3 rings (SSSR count). The normalized spacial score (nSPS) is 11.2. The Morgan fingerprint density at radius 3 is 2.32 bits per heavy atom. The van der Waals surface area contributed by atoms with E-state index in [1.54, 1.807) is 23.1 Å². The summed E-state index contributed by atoms with van der Waals surface area (Å²) in [6.45, 7) is 0.566. The van der Waals surface area contributed by atoms with Gasteiger partial charge in [0, 0.05) is 11.3 Å². The fraction of sp³-hybridized carbons (Fsp3) is 0.0625. The number of amides is 1. The lowest BCUT2D eigenvalue weighted by atomic mass is 10.1. The Hall–Kier alpha value is -3.04. The highest BCUT2D eigenvalue weighted by atomic mass is 32.2. The fourth-order valence-electron chi connectivity index (χ4n) is 2.19. The minimum atomic E-state index is -3.75. The molecule has 1 amide bonds. The van der Waals surface area contributed by atoms with Gasteiger partial charge in [-0.3, -0.25) is 4.79 Å². The third kappa shape index (κ3) is 4.28. The van der Waals surface area contributed by atoms with Gasteiger partial charge in [-0.2, -0.15) is 5.10 Å². The average molecular weight is 357 g/mol. The molecule has 1 aromatic heterocycles. The first kappa shape index (κ1) is 16.8. The zero-order chi connectivity index (χ0) is 17.9. The van der Waals surface area contributed by atoms with E-state index < -0.39 is 10.0 Å². The van der Waals surface area contributed by atoms with Gasteiger partial charge in [0.25, 0.3) is 5.91 Å². The Bertz CT molecular complexity index is 966. The number of carbonyl (C=O) groups excluding carboxylic acids is 1. The van der Waals surface area contributed by atoms with Gasteiger partial charge in [0.05, 0.1) is 11.4 Å². The first-order valence-electron chi connectivity index (χ1n) is 7.27. The quantitative estimate of drug-likeness (QED) is 0.711. The van der Waals surface area contributed by atoms with Crippen LogP contribution >= 0.6 is 0 Å². The van der Waals surface area contributed by atoms with Crippen LogP contribution in [0.4, 0.5) is 5.69 Å². The molecular weight excluding hydrogens is 342 g/mol. The molecule has 0 fully saturated rings. The number of hydrogen-bond donors (Lipinski definition) is 2. The number of nitrogens with two attached hydrogens (primary N) is 1. The van der Waals surface area contributed by atoms with E-state index in [9.17, 15) is 13.2 Å². The molecule has 0 radical (unpaired) electrons. The Balaban J connectivity index is 1.66. The summed E-state index contributed by atoms with van der Waals surface area (Å²) in [5, 5.41) is 11.8. The van der Waals surface area contributed by atoms with Gasteiger partial charge in [0.15, 0.2) is 0 Å². The lowest BCUT2D eigenvalue weighted by Crippen LogP contribution is -2.14. The predicted molar refractivity (Wildman–Crippen MR) is 91.3 cm³/mol. The Morgan fingerprint density at radius 2 is 1.76 bits per heavy atom. The SMILES string of the molecule is NS(=O)(=O)c1ccc(NC(=O)c2ccc(Cn3cncn3)cc2)cc1. The standard InChI is InChI=1S/C16H15N5O3S/c17-25(23,24)15-7-5-14(6-8-15)20-16(22)13-3-1-12(2-4-13)9-21-11-18-10-19-21/h1-8,10-11H,9H2,(H,20,22)(H2,17,23,24). The van der Waals surface area contributed by atoms with Gasteiger partial charge in [-0.15, -0.1) is 0 Å². The molecule has 0 saturated heterocycles. The summed E-state index contributed by atoms with van der Waals surface area (Å²) in [5.41, 5.74) is 1.95. The molecule has 2 aromatic carbocycles. The first-order chi connectivity index (χ1) is 11.9. The second-order valence-electron chi connectivity index (χ2n) is 5.31. The van der Waals surface area contributed by atoms with Crippen LogP contribution in [-0.2, 0) is 16.6 Å². The topological polar surface area (TPSA) is 120 Å². The summed E-state index contributed by atoms with van der Waals surface area (Å²) in [4.78, 5) is 16.1. The molecule has 128 valence electrons. The molecule has 1 heterocycles. The summed E-state index contributed by atoms with van der Waals surface area (Å²) in [6.07, 6.45) is 3.08. The second kappa shape index (κ2) is 6.83. The van der Waals surface area contributed by atoms with Crippen molar-refractivity contribution in [3.63, 3.8) is 0 Å². The third-order valence-electron chi connectivity index (χ3n) is 3.47. The smallest absolute Gasteiger partial charge is 0.255 e. The van der Waals surface area contributed by atoms with Crippen molar-refractivity contribution in [1.82, 2.24) is 14.8 Å². The lowest BCUT2D eigenvalue weighted by Gasteiger charge is -2.07. The molecule has 3 aromatic rings. The summed E-state index contributed by atoms with van der Waals surface area (Å²) >= 11 is 0.